The number of thiazole rings is 1. The van der Waals surface area contributed by atoms with Gasteiger partial charge in [0.1, 0.15) is 0 Å². The predicted molar refractivity (Wildman–Crippen MR) is 108 cm³/mol. The van der Waals surface area contributed by atoms with E-state index in [1.807, 2.05) is 60.8 Å². The minimum absolute atomic E-state index is 0.160. The summed E-state index contributed by atoms with van der Waals surface area (Å²) in [6.07, 6.45) is 0. The summed E-state index contributed by atoms with van der Waals surface area (Å²) in [7, 11) is 1.65. The number of rotatable bonds is 8. The van der Waals surface area contributed by atoms with E-state index in [-0.39, 0.29) is 5.91 Å². The van der Waals surface area contributed by atoms with E-state index in [4.69, 9.17) is 9.47 Å². The molecule has 0 aliphatic carbocycles. The molecule has 6 heteroatoms. The average Bonchev–Trinajstić information content (AvgIpc) is 3.14. The molecule has 27 heavy (non-hydrogen) atoms. The van der Waals surface area contributed by atoms with Crippen molar-refractivity contribution in [1.82, 2.24) is 4.98 Å². The molecule has 5 nitrogen and oxygen atoms in total. The maximum absolute atomic E-state index is 12.4. The number of ether oxygens (including phenoxy) is 2. The van der Waals surface area contributed by atoms with Gasteiger partial charge < -0.3 is 9.47 Å². The van der Waals surface area contributed by atoms with Gasteiger partial charge in [-0.2, -0.15) is 0 Å². The molecule has 0 atom stereocenters. The Hall–Kier alpha value is -2.54. The molecule has 0 radical (unpaired) electrons. The second-order valence-corrected chi connectivity index (χ2v) is 6.92. The van der Waals surface area contributed by atoms with Gasteiger partial charge in [-0.15, -0.1) is 11.3 Å². The van der Waals surface area contributed by atoms with Crippen LogP contribution in [0.3, 0.4) is 0 Å². The molecule has 0 aliphatic rings. The van der Waals surface area contributed by atoms with E-state index < -0.39 is 0 Å². The standard InChI is InChI=1S/C21H22N2O3S/c1-15-7-9-16(10-8-15)20(24)23-21-22-19(14-27-21)18-6-4-3-5-17(18)13-26-12-11-25-2/h3-10,14H,11-13H2,1-2H3,(H,22,23,24). The van der Waals surface area contributed by atoms with Crippen LogP contribution < -0.4 is 5.32 Å². The average molecular weight is 382 g/mol. The van der Waals surface area contributed by atoms with Gasteiger partial charge in [-0.1, -0.05) is 42.0 Å². The number of nitrogens with one attached hydrogen (secondary N) is 1. The monoisotopic (exact) mass is 382 g/mol. The number of carbonyl (C=O) groups is 1. The Morgan fingerprint density at radius 2 is 1.89 bits per heavy atom. The van der Waals surface area contributed by atoms with Crippen LogP contribution in [0.4, 0.5) is 5.13 Å². The summed E-state index contributed by atoms with van der Waals surface area (Å²) < 4.78 is 10.6. The van der Waals surface area contributed by atoms with E-state index in [1.54, 1.807) is 7.11 Å². The number of aryl methyl sites for hydroxylation is 1. The Labute approximate surface area is 163 Å². The number of amides is 1. The number of nitrogens with zero attached hydrogens (tertiary/aromatic N) is 1. The fourth-order valence-electron chi connectivity index (χ4n) is 2.55. The molecule has 1 N–H and O–H groups in total. The number of anilines is 1. The zero-order chi connectivity index (χ0) is 19.1. The van der Waals surface area contributed by atoms with Crippen molar-refractivity contribution >= 4 is 22.4 Å². The molecule has 3 aromatic rings. The van der Waals surface area contributed by atoms with Crippen LogP contribution in [0.15, 0.2) is 53.9 Å². The zero-order valence-corrected chi connectivity index (χ0v) is 16.2. The summed E-state index contributed by atoms with van der Waals surface area (Å²) in [4.78, 5) is 16.9. The first kappa shape index (κ1) is 19.2. The first-order valence-electron chi connectivity index (χ1n) is 8.66. The van der Waals surface area contributed by atoms with Crippen LogP contribution in [0.5, 0.6) is 0 Å². The molecule has 0 aliphatic heterocycles. The van der Waals surface area contributed by atoms with E-state index in [1.165, 1.54) is 11.3 Å². The summed E-state index contributed by atoms with van der Waals surface area (Å²) in [5, 5.41) is 5.39. The van der Waals surface area contributed by atoms with Gasteiger partial charge in [-0.25, -0.2) is 4.98 Å². The lowest BCUT2D eigenvalue weighted by Crippen LogP contribution is -2.11. The summed E-state index contributed by atoms with van der Waals surface area (Å²) in [5.41, 5.74) is 4.61. The Balaban J connectivity index is 1.70. The molecule has 0 saturated heterocycles. The van der Waals surface area contributed by atoms with Crippen molar-refractivity contribution in [2.75, 3.05) is 25.6 Å². The molecule has 3 rings (SSSR count). The first-order valence-corrected chi connectivity index (χ1v) is 9.54. The lowest BCUT2D eigenvalue weighted by molar-refractivity contribution is 0.0618. The summed E-state index contributed by atoms with van der Waals surface area (Å²) in [5.74, 6) is -0.160. The highest BCUT2D eigenvalue weighted by Crippen LogP contribution is 2.28. The van der Waals surface area contributed by atoms with Crippen LogP contribution in [0.2, 0.25) is 0 Å². The van der Waals surface area contributed by atoms with Crippen molar-refractivity contribution in [1.29, 1.82) is 0 Å². The third-order valence-electron chi connectivity index (χ3n) is 4.02. The first-order chi connectivity index (χ1) is 13.2. The van der Waals surface area contributed by atoms with E-state index in [0.717, 1.165) is 22.4 Å². The fourth-order valence-corrected chi connectivity index (χ4v) is 3.26. The van der Waals surface area contributed by atoms with Gasteiger partial charge in [0.2, 0.25) is 0 Å². The maximum atomic E-state index is 12.4. The highest BCUT2D eigenvalue weighted by molar-refractivity contribution is 7.14. The van der Waals surface area contributed by atoms with E-state index in [2.05, 4.69) is 10.3 Å². The highest BCUT2D eigenvalue weighted by Gasteiger charge is 2.12. The molecule has 140 valence electrons. The SMILES string of the molecule is COCCOCc1ccccc1-c1csc(NC(=O)c2ccc(C)cc2)n1. The molecule has 1 aromatic heterocycles. The van der Waals surface area contributed by atoms with Gasteiger partial charge in [-0.05, 0) is 24.6 Å². The molecule has 0 unspecified atom stereocenters. The number of aromatic nitrogens is 1. The van der Waals surface area contributed by atoms with Gasteiger partial charge in [0, 0.05) is 23.6 Å². The topological polar surface area (TPSA) is 60.5 Å². The largest absolute Gasteiger partial charge is 0.382 e. The molecule has 0 bridgehead atoms. The van der Waals surface area contributed by atoms with Gasteiger partial charge in [-0.3, -0.25) is 10.1 Å². The Morgan fingerprint density at radius 1 is 1.11 bits per heavy atom. The van der Waals surface area contributed by atoms with E-state index in [9.17, 15) is 4.79 Å². The molecular formula is C21H22N2O3S. The lowest BCUT2D eigenvalue weighted by Gasteiger charge is -2.08. The van der Waals surface area contributed by atoms with Crippen LogP contribution in [0.25, 0.3) is 11.3 Å². The minimum Gasteiger partial charge on any atom is -0.382 e. The Morgan fingerprint density at radius 3 is 2.67 bits per heavy atom. The van der Waals surface area contributed by atoms with Crippen molar-refractivity contribution in [2.24, 2.45) is 0 Å². The van der Waals surface area contributed by atoms with Gasteiger partial charge in [0.25, 0.3) is 5.91 Å². The highest BCUT2D eigenvalue weighted by atomic mass is 32.1. The van der Waals surface area contributed by atoms with Crippen LogP contribution in [0.1, 0.15) is 21.5 Å². The fraction of sp³-hybridized carbons (Fsp3) is 0.238. The summed E-state index contributed by atoms with van der Waals surface area (Å²) in [6.45, 7) is 3.58. The second-order valence-electron chi connectivity index (χ2n) is 6.06. The number of hydrogen-bond acceptors (Lipinski definition) is 5. The molecule has 1 amide bonds. The normalized spacial score (nSPS) is 10.7. The van der Waals surface area contributed by atoms with Crippen molar-refractivity contribution < 1.29 is 14.3 Å². The molecule has 1 heterocycles. The predicted octanol–water partition coefficient (Wildman–Crippen LogP) is 4.53. The molecule has 0 fully saturated rings. The quantitative estimate of drug-likeness (QED) is 0.581. The van der Waals surface area contributed by atoms with Crippen LogP contribution in [0, 0.1) is 6.92 Å². The van der Waals surface area contributed by atoms with Gasteiger partial charge in [0.15, 0.2) is 5.13 Å². The molecule has 0 spiro atoms. The number of methoxy groups -OCH3 is 1. The van der Waals surface area contributed by atoms with Gasteiger partial charge in [0.05, 0.1) is 25.5 Å². The summed E-state index contributed by atoms with van der Waals surface area (Å²) >= 11 is 1.41. The Bertz CT molecular complexity index is 890. The Kier molecular flexibility index (Phi) is 6.70. The second kappa shape index (κ2) is 9.41. The smallest absolute Gasteiger partial charge is 0.257 e. The van der Waals surface area contributed by atoms with Crippen molar-refractivity contribution in [3.8, 4) is 11.3 Å². The minimum atomic E-state index is -0.160. The third kappa shape index (κ3) is 5.23. The number of hydrogen-bond donors (Lipinski definition) is 1. The van der Waals surface area contributed by atoms with Gasteiger partial charge >= 0.3 is 0 Å². The zero-order valence-electron chi connectivity index (χ0n) is 15.4. The van der Waals surface area contributed by atoms with Crippen LogP contribution in [-0.4, -0.2) is 31.2 Å². The van der Waals surface area contributed by atoms with E-state index >= 15 is 0 Å². The molecule has 0 saturated carbocycles. The third-order valence-corrected chi connectivity index (χ3v) is 4.78. The van der Waals surface area contributed by atoms with E-state index in [0.29, 0.717) is 30.5 Å². The lowest BCUT2D eigenvalue weighted by atomic mass is 10.1. The molecular weight excluding hydrogens is 360 g/mol. The maximum Gasteiger partial charge on any atom is 0.257 e. The number of carbonyl (C=O) groups excluding carboxylic acids is 1. The van der Waals surface area contributed by atoms with Crippen molar-refractivity contribution in [3.63, 3.8) is 0 Å². The van der Waals surface area contributed by atoms with Crippen LogP contribution >= 0.6 is 11.3 Å². The van der Waals surface area contributed by atoms with Crippen molar-refractivity contribution in [2.45, 2.75) is 13.5 Å². The number of benzene rings is 2. The van der Waals surface area contributed by atoms with Crippen LogP contribution in [-0.2, 0) is 16.1 Å². The molecule has 2 aromatic carbocycles. The summed E-state index contributed by atoms with van der Waals surface area (Å²) in [6, 6.07) is 15.4. The van der Waals surface area contributed by atoms with Crippen molar-refractivity contribution in [3.05, 3.63) is 70.6 Å².